The maximum atomic E-state index is 13.6. The molecule has 98 valence electrons. The second kappa shape index (κ2) is 5.61. The number of hydrogen-bond acceptors (Lipinski definition) is 2. The summed E-state index contributed by atoms with van der Waals surface area (Å²) in [5, 5.41) is 0. The van der Waals surface area contributed by atoms with Crippen LogP contribution in [0.1, 0.15) is 13.3 Å². The van der Waals surface area contributed by atoms with Crippen molar-refractivity contribution in [3.8, 4) is 16.9 Å². The Morgan fingerprint density at radius 3 is 2.68 bits per heavy atom. The fraction of sp³-hybridized carbons (Fsp3) is 0.133. The molecule has 0 saturated carbocycles. The zero-order chi connectivity index (χ0) is 13.8. The number of rotatable bonds is 3. The van der Waals surface area contributed by atoms with Gasteiger partial charge in [-0.25, -0.2) is 8.78 Å². The van der Waals surface area contributed by atoms with Crippen LogP contribution >= 0.6 is 0 Å². The van der Waals surface area contributed by atoms with E-state index in [0.29, 0.717) is 11.3 Å². The summed E-state index contributed by atoms with van der Waals surface area (Å²) in [5.74, 6) is -1.11. The number of hydrogen-bond donors (Lipinski definition) is 0. The van der Waals surface area contributed by atoms with E-state index in [1.807, 2.05) is 0 Å². The van der Waals surface area contributed by atoms with E-state index in [1.54, 1.807) is 25.1 Å². The summed E-state index contributed by atoms with van der Waals surface area (Å²) < 4.78 is 31.8. The normalized spacial score (nSPS) is 10.3. The molecule has 0 radical (unpaired) electrons. The highest BCUT2D eigenvalue weighted by atomic mass is 19.1. The van der Waals surface area contributed by atoms with E-state index in [9.17, 15) is 13.6 Å². The standard InChI is InChI=1S/C15H12F2O2/c1-2-15(18)19-12-5-3-4-10(8-12)13-9-11(16)6-7-14(13)17/h3-9H,2H2,1H3. The van der Waals surface area contributed by atoms with E-state index >= 15 is 0 Å². The van der Waals surface area contributed by atoms with Gasteiger partial charge < -0.3 is 4.74 Å². The minimum absolute atomic E-state index is 0.134. The predicted octanol–water partition coefficient (Wildman–Crippen LogP) is 3.95. The first-order chi connectivity index (χ1) is 9.10. The molecule has 0 N–H and O–H groups in total. The molecule has 0 atom stereocenters. The van der Waals surface area contributed by atoms with Crippen molar-refractivity contribution in [3.63, 3.8) is 0 Å². The Morgan fingerprint density at radius 1 is 1.16 bits per heavy atom. The van der Waals surface area contributed by atoms with Crippen LogP contribution in [0.15, 0.2) is 42.5 Å². The average molecular weight is 262 g/mol. The van der Waals surface area contributed by atoms with Gasteiger partial charge in [0.2, 0.25) is 0 Å². The topological polar surface area (TPSA) is 26.3 Å². The Kier molecular flexibility index (Phi) is 3.90. The number of carbonyl (C=O) groups excluding carboxylic acids is 1. The molecular weight excluding hydrogens is 250 g/mol. The summed E-state index contributed by atoms with van der Waals surface area (Å²) in [6.45, 7) is 1.68. The molecule has 0 aliphatic heterocycles. The molecule has 19 heavy (non-hydrogen) atoms. The molecule has 0 spiro atoms. The molecule has 0 saturated heterocycles. The van der Waals surface area contributed by atoms with Gasteiger partial charge in [-0.15, -0.1) is 0 Å². The molecule has 0 heterocycles. The molecule has 0 aliphatic carbocycles. The Balaban J connectivity index is 2.37. The fourth-order valence-electron chi connectivity index (χ4n) is 1.65. The Bertz CT molecular complexity index is 609. The molecule has 2 aromatic rings. The highest BCUT2D eigenvalue weighted by molar-refractivity contribution is 5.73. The van der Waals surface area contributed by atoms with E-state index in [-0.39, 0.29) is 18.0 Å². The van der Waals surface area contributed by atoms with Gasteiger partial charge in [-0.2, -0.15) is 0 Å². The SMILES string of the molecule is CCC(=O)Oc1cccc(-c2cc(F)ccc2F)c1. The van der Waals surface area contributed by atoms with Crippen LogP contribution in [0.2, 0.25) is 0 Å². The maximum absolute atomic E-state index is 13.6. The van der Waals surface area contributed by atoms with Gasteiger partial charge in [0.05, 0.1) is 0 Å². The molecule has 4 heteroatoms. The smallest absolute Gasteiger partial charge is 0.310 e. The fourth-order valence-corrected chi connectivity index (χ4v) is 1.65. The number of esters is 1. The van der Waals surface area contributed by atoms with Crippen molar-refractivity contribution in [2.75, 3.05) is 0 Å². The van der Waals surface area contributed by atoms with Gasteiger partial charge in [0, 0.05) is 12.0 Å². The van der Waals surface area contributed by atoms with Crippen LogP contribution in [-0.4, -0.2) is 5.97 Å². The third-order valence-corrected chi connectivity index (χ3v) is 2.59. The molecule has 2 rings (SSSR count). The van der Waals surface area contributed by atoms with Gasteiger partial charge in [-0.1, -0.05) is 19.1 Å². The quantitative estimate of drug-likeness (QED) is 0.618. The van der Waals surface area contributed by atoms with E-state index in [2.05, 4.69) is 0 Å². The van der Waals surface area contributed by atoms with Crippen molar-refractivity contribution in [1.82, 2.24) is 0 Å². The van der Waals surface area contributed by atoms with Crippen LogP contribution in [0.4, 0.5) is 8.78 Å². The van der Waals surface area contributed by atoms with Crippen molar-refractivity contribution >= 4 is 5.97 Å². The second-order valence-corrected chi connectivity index (χ2v) is 3.98. The monoisotopic (exact) mass is 262 g/mol. The minimum Gasteiger partial charge on any atom is -0.427 e. The van der Waals surface area contributed by atoms with Crippen LogP contribution < -0.4 is 4.74 Å². The average Bonchev–Trinajstić information content (AvgIpc) is 2.41. The number of ether oxygens (including phenoxy) is 1. The first-order valence-electron chi connectivity index (χ1n) is 5.86. The molecule has 0 amide bonds. The molecule has 2 aromatic carbocycles. The van der Waals surface area contributed by atoms with Crippen molar-refractivity contribution in [2.24, 2.45) is 0 Å². The van der Waals surface area contributed by atoms with Gasteiger partial charge in [0.25, 0.3) is 0 Å². The van der Waals surface area contributed by atoms with Crippen LogP contribution in [0.3, 0.4) is 0 Å². The zero-order valence-corrected chi connectivity index (χ0v) is 10.3. The lowest BCUT2D eigenvalue weighted by Crippen LogP contribution is -2.05. The lowest BCUT2D eigenvalue weighted by atomic mass is 10.0. The molecule has 2 nitrogen and oxygen atoms in total. The van der Waals surface area contributed by atoms with E-state index in [0.717, 1.165) is 18.2 Å². The third-order valence-electron chi connectivity index (χ3n) is 2.59. The van der Waals surface area contributed by atoms with Crippen molar-refractivity contribution < 1.29 is 18.3 Å². The zero-order valence-electron chi connectivity index (χ0n) is 10.3. The highest BCUT2D eigenvalue weighted by Gasteiger charge is 2.08. The number of benzene rings is 2. The maximum Gasteiger partial charge on any atom is 0.310 e. The largest absolute Gasteiger partial charge is 0.427 e. The molecule has 0 unspecified atom stereocenters. The molecule has 0 fully saturated rings. The van der Waals surface area contributed by atoms with Crippen molar-refractivity contribution in [2.45, 2.75) is 13.3 Å². The van der Waals surface area contributed by atoms with E-state index in [4.69, 9.17) is 4.74 Å². The first kappa shape index (κ1) is 13.2. The van der Waals surface area contributed by atoms with Crippen LogP contribution in [0, 0.1) is 11.6 Å². The van der Waals surface area contributed by atoms with Gasteiger partial charge in [-0.3, -0.25) is 4.79 Å². The second-order valence-electron chi connectivity index (χ2n) is 3.98. The van der Waals surface area contributed by atoms with Gasteiger partial charge >= 0.3 is 5.97 Å². The molecule has 0 aliphatic rings. The lowest BCUT2D eigenvalue weighted by Gasteiger charge is -2.07. The Morgan fingerprint density at radius 2 is 1.95 bits per heavy atom. The van der Waals surface area contributed by atoms with Crippen molar-refractivity contribution in [1.29, 1.82) is 0 Å². The summed E-state index contributed by atoms with van der Waals surface area (Å²) in [4.78, 5) is 11.2. The van der Waals surface area contributed by atoms with Crippen LogP contribution in [-0.2, 0) is 4.79 Å². The predicted molar refractivity (Wildman–Crippen MR) is 67.7 cm³/mol. The van der Waals surface area contributed by atoms with Crippen LogP contribution in [0.25, 0.3) is 11.1 Å². The minimum atomic E-state index is -0.527. The van der Waals surface area contributed by atoms with Crippen molar-refractivity contribution in [3.05, 3.63) is 54.1 Å². The van der Waals surface area contributed by atoms with Gasteiger partial charge in [-0.05, 0) is 35.9 Å². The number of halogens is 2. The Hall–Kier alpha value is -2.23. The van der Waals surface area contributed by atoms with E-state index < -0.39 is 11.6 Å². The summed E-state index contributed by atoms with van der Waals surface area (Å²) in [7, 11) is 0. The first-order valence-corrected chi connectivity index (χ1v) is 5.86. The number of carbonyl (C=O) groups is 1. The lowest BCUT2D eigenvalue weighted by molar-refractivity contribution is -0.134. The van der Waals surface area contributed by atoms with Gasteiger partial charge in [0.15, 0.2) is 0 Å². The third kappa shape index (κ3) is 3.16. The summed E-state index contributed by atoms with van der Waals surface area (Å²) >= 11 is 0. The van der Waals surface area contributed by atoms with Gasteiger partial charge in [0.1, 0.15) is 17.4 Å². The molecular formula is C15H12F2O2. The van der Waals surface area contributed by atoms with E-state index in [1.165, 1.54) is 6.07 Å². The molecule has 0 bridgehead atoms. The summed E-state index contributed by atoms with van der Waals surface area (Å²) in [6.07, 6.45) is 0.249. The van der Waals surface area contributed by atoms with Crippen LogP contribution in [0.5, 0.6) is 5.75 Å². The highest BCUT2D eigenvalue weighted by Crippen LogP contribution is 2.27. The molecule has 0 aromatic heterocycles. The summed E-state index contributed by atoms with van der Waals surface area (Å²) in [6, 6.07) is 9.57. The Labute approximate surface area is 109 Å². The summed E-state index contributed by atoms with van der Waals surface area (Å²) in [5.41, 5.74) is 0.591.